The van der Waals surface area contributed by atoms with Gasteiger partial charge in [-0.3, -0.25) is 9.59 Å². The Morgan fingerprint density at radius 1 is 1.18 bits per heavy atom. The topological polar surface area (TPSA) is 70.2 Å². The Bertz CT molecular complexity index is 561. The first-order valence-corrected chi connectivity index (χ1v) is 7.73. The highest BCUT2D eigenvalue weighted by Gasteiger charge is 2.36. The number of anilines is 1. The third-order valence-electron chi connectivity index (χ3n) is 4.34. The zero-order chi connectivity index (χ0) is 15.5. The molecule has 2 amide bonds. The molecule has 0 unspecified atom stereocenters. The SMILES string of the molecule is O=C(C[C@H]1N[C@@H]2CCCC[C@@H]2NC1=O)Nc1ccc(F)cc1. The number of carbonyl (C=O) groups excluding carboxylic acids is 2. The molecule has 1 aromatic carbocycles. The van der Waals surface area contributed by atoms with E-state index in [0.29, 0.717) is 5.69 Å². The molecule has 1 aromatic rings. The van der Waals surface area contributed by atoms with Crippen LogP contribution in [0.3, 0.4) is 0 Å². The largest absolute Gasteiger partial charge is 0.350 e. The molecule has 0 spiro atoms. The molecule has 1 saturated carbocycles. The van der Waals surface area contributed by atoms with Crippen LogP contribution in [0.25, 0.3) is 0 Å². The van der Waals surface area contributed by atoms with Crippen LogP contribution in [0.2, 0.25) is 0 Å². The van der Waals surface area contributed by atoms with Crippen molar-refractivity contribution in [1.82, 2.24) is 10.6 Å². The van der Waals surface area contributed by atoms with Crippen molar-refractivity contribution in [1.29, 1.82) is 0 Å². The van der Waals surface area contributed by atoms with Crippen molar-refractivity contribution in [2.45, 2.75) is 50.2 Å². The summed E-state index contributed by atoms with van der Waals surface area (Å²) in [4.78, 5) is 24.1. The molecule has 5 nitrogen and oxygen atoms in total. The summed E-state index contributed by atoms with van der Waals surface area (Å²) in [6, 6.07) is 5.52. The number of nitrogens with one attached hydrogen (secondary N) is 3. The highest BCUT2D eigenvalue weighted by Crippen LogP contribution is 2.22. The lowest BCUT2D eigenvalue weighted by atomic mass is 9.87. The molecule has 0 radical (unpaired) electrons. The Labute approximate surface area is 128 Å². The number of halogens is 1. The van der Waals surface area contributed by atoms with E-state index in [1.807, 2.05) is 0 Å². The third kappa shape index (κ3) is 3.44. The predicted molar refractivity (Wildman–Crippen MR) is 80.8 cm³/mol. The maximum Gasteiger partial charge on any atom is 0.237 e. The number of hydrogen-bond acceptors (Lipinski definition) is 3. The summed E-state index contributed by atoms with van der Waals surface area (Å²) < 4.78 is 12.8. The normalized spacial score (nSPS) is 27.7. The van der Waals surface area contributed by atoms with Crippen LogP contribution in [0, 0.1) is 5.82 Å². The molecule has 2 aliphatic rings. The van der Waals surface area contributed by atoms with Gasteiger partial charge >= 0.3 is 0 Å². The van der Waals surface area contributed by atoms with Gasteiger partial charge in [0.2, 0.25) is 11.8 Å². The lowest BCUT2D eigenvalue weighted by Gasteiger charge is -2.40. The maximum absolute atomic E-state index is 12.8. The van der Waals surface area contributed by atoms with Crippen LogP contribution in [-0.2, 0) is 9.59 Å². The number of rotatable bonds is 3. The van der Waals surface area contributed by atoms with Gasteiger partial charge in [0.25, 0.3) is 0 Å². The third-order valence-corrected chi connectivity index (χ3v) is 4.34. The van der Waals surface area contributed by atoms with Crippen LogP contribution in [0.5, 0.6) is 0 Å². The first-order chi connectivity index (χ1) is 10.6. The summed E-state index contributed by atoms with van der Waals surface area (Å²) in [7, 11) is 0. The molecule has 1 aliphatic heterocycles. The molecule has 118 valence electrons. The summed E-state index contributed by atoms with van der Waals surface area (Å²) in [5.74, 6) is -0.722. The molecule has 22 heavy (non-hydrogen) atoms. The number of benzene rings is 1. The summed E-state index contributed by atoms with van der Waals surface area (Å²) in [5.41, 5.74) is 0.526. The minimum Gasteiger partial charge on any atom is -0.350 e. The van der Waals surface area contributed by atoms with Gasteiger partial charge in [0.15, 0.2) is 0 Å². The van der Waals surface area contributed by atoms with Gasteiger partial charge in [-0.15, -0.1) is 0 Å². The number of amides is 2. The average molecular weight is 305 g/mol. The zero-order valence-corrected chi connectivity index (χ0v) is 12.3. The zero-order valence-electron chi connectivity index (χ0n) is 12.3. The van der Waals surface area contributed by atoms with E-state index in [1.165, 1.54) is 24.3 Å². The fourth-order valence-electron chi connectivity index (χ4n) is 3.20. The van der Waals surface area contributed by atoms with E-state index in [0.717, 1.165) is 25.7 Å². The standard InChI is InChI=1S/C16H20FN3O2/c17-10-5-7-11(8-6-10)18-15(21)9-14-16(22)20-13-4-2-1-3-12(13)19-14/h5-8,12-14,19H,1-4,9H2,(H,18,21)(H,20,22)/t12-,13+,14-/m1/s1. The lowest BCUT2D eigenvalue weighted by molar-refractivity contribution is -0.129. The van der Waals surface area contributed by atoms with E-state index in [9.17, 15) is 14.0 Å². The number of piperazine rings is 1. The fourth-order valence-corrected chi connectivity index (χ4v) is 3.20. The predicted octanol–water partition coefficient (Wildman–Crippen LogP) is 1.55. The van der Waals surface area contributed by atoms with E-state index in [2.05, 4.69) is 16.0 Å². The van der Waals surface area contributed by atoms with E-state index < -0.39 is 6.04 Å². The molecule has 1 aliphatic carbocycles. The first-order valence-electron chi connectivity index (χ1n) is 7.73. The van der Waals surface area contributed by atoms with E-state index in [1.54, 1.807) is 0 Å². The molecule has 0 bridgehead atoms. The summed E-state index contributed by atoms with van der Waals surface area (Å²) in [6.07, 6.45) is 4.39. The molecule has 3 rings (SSSR count). The van der Waals surface area contributed by atoms with Crippen LogP contribution in [-0.4, -0.2) is 29.9 Å². The van der Waals surface area contributed by atoms with E-state index in [-0.39, 0.29) is 36.1 Å². The molecule has 3 N–H and O–H groups in total. The highest BCUT2D eigenvalue weighted by atomic mass is 19.1. The molecule has 3 atom stereocenters. The van der Waals surface area contributed by atoms with E-state index >= 15 is 0 Å². The Morgan fingerprint density at radius 3 is 2.59 bits per heavy atom. The first kappa shape index (κ1) is 15.0. The summed E-state index contributed by atoms with van der Waals surface area (Å²) >= 11 is 0. The van der Waals surface area contributed by atoms with Crippen LogP contribution in [0.4, 0.5) is 10.1 Å². The molecule has 1 heterocycles. The molecule has 2 fully saturated rings. The van der Waals surface area contributed by atoms with Gasteiger partial charge in [-0.05, 0) is 37.1 Å². The Hall–Kier alpha value is -1.95. The Morgan fingerprint density at radius 2 is 1.86 bits per heavy atom. The number of fused-ring (bicyclic) bond motifs is 1. The fraction of sp³-hybridized carbons (Fsp3) is 0.500. The van der Waals surface area contributed by atoms with Gasteiger partial charge in [0.1, 0.15) is 5.82 Å². The van der Waals surface area contributed by atoms with Crippen molar-refractivity contribution in [3.05, 3.63) is 30.1 Å². The van der Waals surface area contributed by atoms with Crippen LogP contribution < -0.4 is 16.0 Å². The summed E-state index contributed by atoms with van der Waals surface area (Å²) in [6.45, 7) is 0. The van der Waals surface area contributed by atoms with Gasteiger partial charge in [-0.25, -0.2) is 4.39 Å². The van der Waals surface area contributed by atoms with Gasteiger partial charge in [-0.2, -0.15) is 0 Å². The van der Waals surface area contributed by atoms with Crippen molar-refractivity contribution in [3.8, 4) is 0 Å². The van der Waals surface area contributed by atoms with Gasteiger partial charge < -0.3 is 16.0 Å². The molecular weight excluding hydrogens is 285 g/mol. The molecule has 1 saturated heterocycles. The smallest absolute Gasteiger partial charge is 0.237 e. The molecule has 6 heteroatoms. The monoisotopic (exact) mass is 305 g/mol. The molecular formula is C16H20FN3O2. The Kier molecular flexibility index (Phi) is 4.38. The van der Waals surface area contributed by atoms with Gasteiger partial charge in [0.05, 0.1) is 12.5 Å². The minimum absolute atomic E-state index is 0.0758. The highest BCUT2D eigenvalue weighted by molar-refractivity contribution is 5.95. The quantitative estimate of drug-likeness (QED) is 0.793. The molecule has 0 aromatic heterocycles. The van der Waals surface area contributed by atoms with Crippen molar-refractivity contribution in [3.63, 3.8) is 0 Å². The van der Waals surface area contributed by atoms with Crippen LogP contribution in [0.1, 0.15) is 32.1 Å². The maximum atomic E-state index is 12.8. The number of hydrogen-bond donors (Lipinski definition) is 3. The second kappa shape index (κ2) is 6.44. The number of carbonyl (C=O) groups is 2. The minimum atomic E-state index is -0.500. The van der Waals surface area contributed by atoms with Crippen LogP contribution >= 0.6 is 0 Å². The summed E-state index contributed by atoms with van der Waals surface area (Å²) in [5, 5.41) is 9.00. The second-order valence-corrected chi connectivity index (χ2v) is 5.98. The van der Waals surface area contributed by atoms with Crippen LogP contribution in [0.15, 0.2) is 24.3 Å². The van der Waals surface area contributed by atoms with Crippen molar-refractivity contribution in [2.75, 3.05) is 5.32 Å². The van der Waals surface area contributed by atoms with Crippen molar-refractivity contribution in [2.24, 2.45) is 0 Å². The second-order valence-electron chi connectivity index (χ2n) is 5.98. The van der Waals surface area contributed by atoms with E-state index in [4.69, 9.17) is 0 Å². The average Bonchev–Trinajstić information content (AvgIpc) is 2.50. The Balaban J connectivity index is 1.56. The van der Waals surface area contributed by atoms with Crippen molar-refractivity contribution < 1.29 is 14.0 Å². The van der Waals surface area contributed by atoms with Crippen molar-refractivity contribution >= 4 is 17.5 Å². The lowest BCUT2D eigenvalue weighted by Crippen LogP contribution is -2.65. The van der Waals surface area contributed by atoms with Gasteiger partial charge in [-0.1, -0.05) is 12.8 Å². The van der Waals surface area contributed by atoms with Gasteiger partial charge in [0, 0.05) is 17.8 Å².